The van der Waals surface area contributed by atoms with Crippen molar-refractivity contribution in [3.63, 3.8) is 0 Å². The molecule has 4 rings (SSSR count). The van der Waals surface area contributed by atoms with Gasteiger partial charge in [-0.15, -0.1) is 0 Å². The molecule has 0 aromatic heterocycles. The van der Waals surface area contributed by atoms with Crippen molar-refractivity contribution in [3.05, 3.63) is 109 Å². The summed E-state index contributed by atoms with van der Waals surface area (Å²) in [6.45, 7) is 0. The van der Waals surface area contributed by atoms with E-state index in [2.05, 4.69) is 59.5 Å². The Hall–Kier alpha value is -3.52. The number of nitrogens with zero attached hydrogens (tertiary/aromatic N) is 1. The van der Waals surface area contributed by atoms with E-state index in [1.807, 2.05) is 54.6 Å². The van der Waals surface area contributed by atoms with Crippen molar-refractivity contribution in [1.82, 2.24) is 0 Å². The normalized spacial score (nSPS) is 10.5. The van der Waals surface area contributed by atoms with Gasteiger partial charge in [0.1, 0.15) is 0 Å². The second-order valence-corrected chi connectivity index (χ2v) is 6.11. The van der Waals surface area contributed by atoms with Crippen LogP contribution in [0.25, 0.3) is 11.1 Å². The van der Waals surface area contributed by atoms with E-state index >= 15 is 0 Å². The van der Waals surface area contributed by atoms with Gasteiger partial charge in [0.2, 0.25) is 0 Å². The van der Waals surface area contributed by atoms with Crippen LogP contribution in [0.5, 0.6) is 0 Å². The Bertz CT molecular complexity index is 941. The number of benzene rings is 4. The lowest BCUT2D eigenvalue weighted by molar-refractivity contribution is 1.29. The molecule has 0 aliphatic heterocycles. The first-order valence-electron chi connectivity index (χ1n) is 8.69. The molecule has 126 valence electrons. The third kappa shape index (κ3) is 3.05. The summed E-state index contributed by atoms with van der Waals surface area (Å²) in [6, 6.07) is 37.1. The highest BCUT2D eigenvalue weighted by Crippen LogP contribution is 2.41. The first kappa shape index (κ1) is 16.0. The van der Waals surface area contributed by atoms with Gasteiger partial charge in [-0.3, -0.25) is 0 Å². The standard InChI is InChI=1S/C24H20N2/c25-24-22(19-11-4-1-5-12-19)17-10-18-23(24)26(20-13-6-2-7-14-20)21-15-8-3-9-16-21/h1-18H,25H2. The second-order valence-electron chi connectivity index (χ2n) is 6.11. The molecule has 0 heterocycles. The SMILES string of the molecule is Nc1c(-c2ccccc2)cccc1N(c1ccccc1)c1ccccc1. The molecule has 0 aliphatic rings. The van der Waals surface area contributed by atoms with Crippen molar-refractivity contribution in [2.45, 2.75) is 0 Å². The molecule has 4 aromatic rings. The van der Waals surface area contributed by atoms with Gasteiger partial charge in [-0.2, -0.15) is 0 Å². The Labute approximate surface area is 154 Å². The van der Waals surface area contributed by atoms with Gasteiger partial charge in [-0.25, -0.2) is 0 Å². The van der Waals surface area contributed by atoms with E-state index in [1.54, 1.807) is 0 Å². The molecule has 2 heteroatoms. The highest BCUT2D eigenvalue weighted by Gasteiger charge is 2.16. The zero-order valence-corrected chi connectivity index (χ0v) is 14.4. The number of hydrogen-bond acceptors (Lipinski definition) is 2. The molecule has 0 aliphatic carbocycles. The largest absolute Gasteiger partial charge is 0.397 e. The fourth-order valence-electron chi connectivity index (χ4n) is 3.20. The Kier molecular flexibility index (Phi) is 4.40. The molecule has 0 saturated carbocycles. The molecule has 26 heavy (non-hydrogen) atoms. The quantitative estimate of drug-likeness (QED) is 0.437. The third-order valence-corrected chi connectivity index (χ3v) is 4.44. The minimum absolute atomic E-state index is 0.770. The van der Waals surface area contributed by atoms with E-state index in [1.165, 1.54) is 0 Å². The van der Waals surface area contributed by atoms with E-state index in [-0.39, 0.29) is 0 Å². The van der Waals surface area contributed by atoms with Crippen LogP contribution in [-0.4, -0.2) is 0 Å². The summed E-state index contributed by atoms with van der Waals surface area (Å²) in [5.41, 5.74) is 12.7. The van der Waals surface area contributed by atoms with Gasteiger partial charge in [0.15, 0.2) is 0 Å². The molecule has 0 spiro atoms. The van der Waals surface area contributed by atoms with Crippen LogP contribution in [0.3, 0.4) is 0 Å². The molecule has 0 radical (unpaired) electrons. The summed E-state index contributed by atoms with van der Waals surface area (Å²) in [4.78, 5) is 2.20. The van der Waals surface area contributed by atoms with Crippen LogP contribution in [0.2, 0.25) is 0 Å². The molecule has 0 atom stereocenters. The summed E-state index contributed by atoms with van der Waals surface area (Å²) < 4.78 is 0. The molecular formula is C24H20N2. The molecular weight excluding hydrogens is 316 g/mol. The lowest BCUT2D eigenvalue weighted by atomic mass is 10.0. The van der Waals surface area contributed by atoms with Crippen LogP contribution in [0.4, 0.5) is 22.7 Å². The van der Waals surface area contributed by atoms with E-state index in [0.29, 0.717) is 0 Å². The first-order valence-corrected chi connectivity index (χ1v) is 8.69. The van der Waals surface area contributed by atoms with Gasteiger partial charge < -0.3 is 10.6 Å². The second kappa shape index (κ2) is 7.16. The number of anilines is 4. The zero-order chi connectivity index (χ0) is 17.8. The van der Waals surface area contributed by atoms with Crippen molar-refractivity contribution in [1.29, 1.82) is 0 Å². The van der Waals surface area contributed by atoms with E-state index in [9.17, 15) is 0 Å². The van der Waals surface area contributed by atoms with Crippen LogP contribution in [0.1, 0.15) is 0 Å². The van der Waals surface area contributed by atoms with Crippen LogP contribution < -0.4 is 10.6 Å². The minimum Gasteiger partial charge on any atom is -0.397 e. The van der Waals surface area contributed by atoms with Crippen LogP contribution in [-0.2, 0) is 0 Å². The average Bonchev–Trinajstić information content (AvgIpc) is 2.72. The van der Waals surface area contributed by atoms with Crippen molar-refractivity contribution in [2.24, 2.45) is 0 Å². The molecule has 0 unspecified atom stereocenters. The van der Waals surface area contributed by atoms with Crippen molar-refractivity contribution < 1.29 is 0 Å². The zero-order valence-electron chi connectivity index (χ0n) is 14.4. The number of hydrogen-bond donors (Lipinski definition) is 1. The first-order chi connectivity index (χ1) is 12.8. The molecule has 0 bridgehead atoms. The smallest absolute Gasteiger partial charge is 0.0697 e. The summed E-state index contributed by atoms with van der Waals surface area (Å²) in [5, 5.41) is 0. The van der Waals surface area contributed by atoms with E-state index < -0.39 is 0 Å². The molecule has 0 amide bonds. The summed E-state index contributed by atoms with van der Waals surface area (Å²) >= 11 is 0. The van der Waals surface area contributed by atoms with Crippen LogP contribution >= 0.6 is 0 Å². The van der Waals surface area contributed by atoms with Crippen molar-refractivity contribution in [2.75, 3.05) is 10.6 Å². The maximum absolute atomic E-state index is 6.65. The molecule has 0 saturated heterocycles. The third-order valence-electron chi connectivity index (χ3n) is 4.44. The lowest BCUT2D eigenvalue weighted by Crippen LogP contribution is -2.12. The highest BCUT2D eigenvalue weighted by molar-refractivity contribution is 5.91. The Balaban J connectivity index is 1.90. The maximum Gasteiger partial charge on any atom is 0.0697 e. The topological polar surface area (TPSA) is 29.3 Å². The predicted octanol–water partition coefficient (Wildman–Crippen LogP) is 6.41. The van der Waals surface area contributed by atoms with E-state index in [4.69, 9.17) is 5.73 Å². The summed E-state index contributed by atoms with van der Waals surface area (Å²) in [6.07, 6.45) is 0. The predicted molar refractivity (Wildman–Crippen MR) is 111 cm³/mol. The monoisotopic (exact) mass is 336 g/mol. The van der Waals surface area contributed by atoms with Gasteiger partial charge in [-0.05, 0) is 35.9 Å². The molecule has 2 nitrogen and oxygen atoms in total. The number of nitrogens with two attached hydrogens (primary N) is 1. The fraction of sp³-hybridized carbons (Fsp3) is 0. The van der Waals surface area contributed by atoms with E-state index in [0.717, 1.165) is 33.9 Å². The Morgan fingerprint density at radius 3 is 1.54 bits per heavy atom. The molecule has 4 aromatic carbocycles. The van der Waals surface area contributed by atoms with Gasteiger partial charge in [0.05, 0.1) is 11.4 Å². The maximum atomic E-state index is 6.65. The van der Waals surface area contributed by atoms with Crippen molar-refractivity contribution in [3.8, 4) is 11.1 Å². The number of nitrogen functional groups attached to an aromatic ring is 1. The number of rotatable bonds is 4. The summed E-state index contributed by atoms with van der Waals surface area (Å²) in [7, 11) is 0. The Morgan fingerprint density at radius 1 is 0.500 bits per heavy atom. The minimum atomic E-state index is 0.770. The van der Waals surface area contributed by atoms with Crippen LogP contribution in [0.15, 0.2) is 109 Å². The Morgan fingerprint density at radius 2 is 1.00 bits per heavy atom. The number of para-hydroxylation sites is 3. The molecule has 2 N–H and O–H groups in total. The van der Waals surface area contributed by atoms with Gasteiger partial charge >= 0.3 is 0 Å². The van der Waals surface area contributed by atoms with Gasteiger partial charge in [0, 0.05) is 16.9 Å². The van der Waals surface area contributed by atoms with Crippen molar-refractivity contribution >= 4 is 22.7 Å². The lowest BCUT2D eigenvalue weighted by Gasteiger charge is -2.27. The van der Waals surface area contributed by atoms with Gasteiger partial charge in [-0.1, -0.05) is 78.9 Å². The average molecular weight is 336 g/mol. The molecule has 0 fully saturated rings. The van der Waals surface area contributed by atoms with Crippen LogP contribution in [0, 0.1) is 0 Å². The highest BCUT2D eigenvalue weighted by atomic mass is 15.1. The fourth-order valence-corrected chi connectivity index (χ4v) is 3.20. The van der Waals surface area contributed by atoms with Gasteiger partial charge in [0.25, 0.3) is 0 Å². The summed E-state index contributed by atoms with van der Waals surface area (Å²) in [5.74, 6) is 0.